The van der Waals surface area contributed by atoms with Crippen LogP contribution in [-0.2, 0) is 11.2 Å². The van der Waals surface area contributed by atoms with E-state index in [1.54, 1.807) is 6.92 Å². The van der Waals surface area contributed by atoms with Crippen LogP contribution in [0.4, 0.5) is 8.78 Å². The highest BCUT2D eigenvalue weighted by Crippen LogP contribution is 2.20. The second kappa shape index (κ2) is 5.37. The van der Waals surface area contributed by atoms with Gasteiger partial charge in [0.2, 0.25) is 0 Å². The Labute approximate surface area is 93.9 Å². The molecule has 16 heavy (non-hydrogen) atoms. The molecule has 0 saturated carbocycles. The van der Waals surface area contributed by atoms with Crippen molar-refractivity contribution in [1.29, 1.82) is 0 Å². The lowest BCUT2D eigenvalue weighted by molar-refractivity contribution is 0.0242. The predicted octanol–water partition coefficient (Wildman–Crippen LogP) is 2.29. The summed E-state index contributed by atoms with van der Waals surface area (Å²) in [5.74, 6) is -1.00. The highest BCUT2D eigenvalue weighted by molar-refractivity contribution is 5.20. The summed E-state index contributed by atoms with van der Waals surface area (Å²) >= 11 is 0. The molecule has 1 aromatic rings. The number of methoxy groups -OCH3 is 1. The van der Waals surface area contributed by atoms with E-state index in [0.29, 0.717) is 13.0 Å². The Morgan fingerprint density at radius 3 is 2.69 bits per heavy atom. The van der Waals surface area contributed by atoms with Crippen LogP contribution in [0, 0.1) is 11.6 Å². The molecule has 1 atom stereocenters. The molecule has 0 bridgehead atoms. The Kier molecular flexibility index (Phi) is 4.38. The Morgan fingerprint density at radius 1 is 1.38 bits per heavy atom. The lowest BCUT2D eigenvalue weighted by Gasteiger charge is -2.23. The van der Waals surface area contributed by atoms with E-state index >= 15 is 0 Å². The zero-order valence-corrected chi connectivity index (χ0v) is 9.46. The van der Waals surface area contributed by atoms with Crippen LogP contribution in [0.15, 0.2) is 18.2 Å². The van der Waals surface area contributed by atoms with Gasteiger partial charge < -0.3 is 9.84 Å². The van der Waals surface area contributed by atoms with E-state index in [9.17, 15) is 13.9 Å². The minimum atomic E-state index is -1.09. The summed E-state index contributed by atoms with van der Waals surface area (Å²) in [6.45, 7) is 1.96. The summed E-state index contributed by atoms with van der Waals surface area (Å²) in [7, 11) is 1.53. The van der Waals surface area contributed by atoms with Gasteiger partial charge in [0.15, 0.2) is 0 Å². The standard InChI is InChI=1S/C12H16F2O2/c1-12(15,5-6-16-2)8-9-7-10(13)3-4-11(9)14/h3-4,7,15H,5-6,8H2,1-2H3. The maximum Gasteiger partial charge on any atom is 0.126 e. The van der Waals surface area contributed by atoms with Gasteiger partial charge in [0.05, 0.1) is 5.60 Å². The lowest BCUT2D eigenvalue weighted by Crippen LogP contribution is -2.29. The quantitative estimate of drug-likeness (QED) is 0.841. The van der Waals surface area contributed by atoms with Gasteiger partial charge in [0.25, 0.3) is 0 Å². The molecular formula is C12H16F2O2. The molecule has 0 spiro atoms. The third-order valence-electron chi connectivity index (χ3n) is 2.42. The fourth-order valence-corrected chi connectivity index (χ4v) is 1.50. The van der Waals surface area contributed by atoms with Crippen molar-refractivity contribution in [2.45, 2.75) is 25.4 Å². The fourth-order valence-electron chi connectivity index (χ4n) is 1.50. The fraction of sp³-hybridized carbons (Fsp3) is 0.500. The largest absolute Gasteiger partial charge is 0.390 e. The summed E-state index contributed by atoms with van der Waals surface area (Å²) in [5, 5.41) is 9.95. The lowest BCUT2D eigenvalue weighted by atomic mass is 9.93. The molecule has 0 aromatic heterocycles. The first-order valence-corrected chi connectivity index (χ1v) is 5.10. The van der Waals surface area contributed by atoms with Crippen LogP contribution in [0.25, 0.3) is 0 Å². The number of rotatable bonds is 5. The molecule has 0 saturated heterocycles. The first-order valence-electron chi connectivity index (χ1n) is 5.10. The van der Waals surface area contributed by atoms with Crippen LogP contribution in [0.2, 0.25) is 0 Å². The van der Waals surface area contributed by atoms with Gasteiger partial charge >= 0.3 is 0 Å². The molecule has 0 fully saturated rings. The van der Waals surface area contributed by atoms with Crippen LogP contribution >= 0.6 is 0 Å². The first-order chi connectivity index (χ1) is 7.44. The monoisotopic (exact) mass is 230 g/mol. The van der Waals surface area contributed by atoms with Gasteiger partial charge in [-0.1, -0.05) is 0 Å². The zero-order chi connectivity index (χ0) is 12.2. The second-order valence-electron chi connectivity index (χ2n) is 4.15. The topological polar surface area (TPSA) is 29.5 Å². The molecule has 90 valence electrons. The minimum absolute atomic E-state index is 0.0694. The number of hydrogen-bond donors (Lipinski definition) is 1. The maximum absolute atomic E-state index is 13.3. The van der Waals surface area contributed by atoms with E-state index in [4.69, 9.17) is 4.74 Å². The maximum atomic E-state index is 13.3. The summed E-state index contributed by atoms with van der Waals surface area (Å²) in [6.07, 6.45) is 0.444. The van der Waals surface area contributed by atoms with Crippen LogP contribution in [0.5, 0.6) is 0 Å². The average molecular weight is 230 g/mol. The van der Waals surface area contributed by atoms with Crippen LogP contribution in [0.1, 0.15) is 18.9 Å². The third-order valence-corrected chi connectivity index (χ3v) is 2.42. The summed E-state index contributed by atoms with van der Waals surface area (Å²) in [6, 6.07) is 3.23. The number of halogens is 2. The Hall–Kier alpha value is -1.00. The van der Waals surface area contributed by atoms with Crippen molar-refractivity contribution in [1.82, 2.24) is 0 Å². The molecule has 4 heteroatoms. The second-order valence-corrected chi connectivity index (χ2v) is 4.15. The molecule has 2 nitrogen and oxygen atoms in total. The summed E-state index contributed by atoms with van der Waals surface area (Å²) in [5.41, 5.74) is -0.911. The molecule has 0 heterocycles. The highest BCUT2D eigenvalue weighted by atomic mass is 19.1. The predicted molar refractivity (Wildman–Crippen MR) is 57.2 cm³/mol. The van der Waals surface area contributed by atoms with Crippen molar-refractivity contribution in [2.75, 3.05) is 13.7 Å². The van der Waals surface area contributed by atoms with E-state index in [1.807, 2.05) is 0 Å². The van der Waals surface area contributed by atoms with E-state index in [1.165, 1.54) is 7.11 Å². The Balaban J connectivity index is 2.74. The summed E-state index contributed by atoms with van der Waals surface area (Å²) < 4.78 is 31.1. The first kappa shape index (κ1) is 13.1. The van der Waals surface area contributed by atoms with E-state index in [0.717, 1.165) is 18.2 Å². The van der Waals surface area contributed by atoms with Crippen molar-refractivity contribution in [3.63, 3.8) is 0 Å². The molecule has 0 aliphatic carbocycles. The van der Waals surface area contributed by atoms with E-state index in [-0.39, 0.29) is 12.0 Å². The molecular weight excluding hydrogens is 214 g/mol. The summed E-state index contributed by atoms with van der Waals surface area (Å²) in [4.78, 5) is 0. The average Bonchev–Trinajstić information content (AvgIpc) is 2.20. The number of hydrogen-bond acceptors (Lipinski definition) is 2. The highest BCUT2D eigenvalue weighted by Gasteiger charge is 2.22. The molecule has 0 radical (unpaired) electrons. The molecule has 0 amide bonds. The smallest absolute Gasteiger partial charge is 0.126 e. The molecule has 0 aliphatic heterocycles. The van der Waals surface area contributed by atoms with Crippen molar-refractivity contribution in [3.05, 3.63) is 35.4 Å². The van der Waals surface area contributed by atoms with Crippen molar-refractivity contribution in [2.24, 2.45) is 0 Å². The van der Waals surface area contributed by atoms with E-state index < -0.39 is 17.2 Å². The molecule has 1 unspecified atom stereocenters. The Bertz CT molecular complexity index is 351. The minimum Gasteiger partial charge on any atom is -0.390 e. The van der Waals surface area contributed by atoms with Crippen molar-refractivity contribution < 1.29 is 18.6 Å². The molecule has 0 aliphatic rings. The number of ether oxygens (including phenoxy) is 1. The number of aliphatic hydroxyl groups is 1. The third kappa shape index (κ3) is 3.87. The van der Waals surface area contributed by atoms with Gasteiger partial charge in [-0.3, -0.25) is 0 Å². The Morgan fingerprint density at radius 2 is 2.06 bits per heavy atom. The normalized spacial score (nSPS) is 14.8. The van der Waals surface area contributed by atoms with Crippen LogP contribution in [0.3, 0.4) is 0 Å². The van der Waals surface area contributed by atoms with Gasteiger partial charge in [-0.15, -0.1) is 0 Å². The van der Waals surface area contributed by atoms with Gasteiger partial charge in [0.1, 0.15) is 11.6 Å². The van der Waals surface area contributed by atoms with Crippen LogP contribution < -0.4 is 0 Å². The van der Waals surface area contributed by atoms with Gasteiger partial charge in [-0.05, 0) is 37.1 Å². The van der Waals surface area contributed by atoms with Crippen LogP contribution in [-0.4, -0.2) is 24.4 Å². The SMILES string of the molecule is COCCC(C)(O)Cc1cc(F)ccc1F. The van der Waals surface area contributed by atoms with Crippen molar-refractivity contribution >= 4 is 0 Å². The molecule has 1 rings (SSSR count). The zero-order valence-electron chi connectivity index (χ0n) is 9.46. The van der Waals surface area contributed by atoms with Gasteiger partial charge in [-0.25, -0.2) is 8.78 Å². The number of benzene rings is 1. The van der Waals surface area contributed by atoms with Crippen molar-refractivity contribution in [3.8, 4) is 0 Å². The van der Waals surface area contributed by atoms with E-state index in [2.05, 4.69) is 0 Å². The molecule has 1 aromatic carbocycles. The van der Waals surface area contributed by atoms with Gasteiger partial charge in [-0.2, -0.15) is 0 Å². The van der Waals surface area contributed by atoms with Gasteiger partial charge in [0, 0.05) is 20.1 Å². The molecule has 1 N–H and O–H groups in total.